The first-order valence-electron chi connectivity index (χ1n) is 5.97. The lowest BCUT2D eigenvalue weighted by Crippen LogP contribution is -2.36. The van der Waals surface area contributed by atoms with E-state index in [1.54, 1.807) is 0 Å². The number of ether oxygens (including phenoxy) is 1. The lowest BCUT2D eigenvalue weighted by Gasteiger charge is -2.29. The summed E-state index contributed by atoms with van der Waals surface area (Å²) < 4.78 is 5.53. The minimum Gasteiger partial charge on any atom is -0.381 e. The fourth-order valence-corrected chi connectivity index (χ4v) is 3.34. The molecule has 1 aromatic heterocycles. The molecular formula is C12H20N2OS. The Morgan fingerprint density at radius 2 is 2.50 bits per heavy atom. The van der Waals surface area contributed by atoms with E-state index in [2.05, 4.69) is 24.5 Å². The molecule has 1 saturated heterocycles. The lowest BCUT2D eigenvalue weighted by molar-refractivity contribution is 0.0395. The van der Waals surface area contributed by atoms with E-state index in [9.17, 15) is 0 Å². The zero-order valence-corrected chi connectivity index (χ0v) is 10.6. The van der Waals surface area contributed by atoms with E-state index in [0.717, 1.165) is 26.1 Å². The molecule has 1 aliphatic rings. The summed E-state index contributed by atoms with van der Waals surface area (Å²) in [7, 11) is 0. The predicted molar refractivity (Wildman–Crippen MR) is 67.3 cm³/mol. The Hall–Kier alpha value is -0.420. The molecule has 4 heteroatoms. The van der Waals surface area contributed by atoms with E-state index in [-0.39, 0.29) is 6.04 Å². The largest absolute Gasteiger partial charge is 0.381 e. The van der Waals surface area contributed by atoms with Crippen molar-refractivity contribution in [2.75, 3.05) is 13.2 Å². The fraction of sp³-hybridized carbons (Fsp3) is 0.667. The number of hydrogen-bond acceptors (Lipinski definition) is 4. The molecular weight excluding hydrogens is 220 g/mol. The van der Waals surface area contributed by atoms with Gasteiger partial charge in [-0.25, -0.2) is 0 Å². The second kappa shape index (κ2) is 5.77. The number of nitrogens with two attached hydrogens (primary N) is 1. The number of hydrogen-bond donors (Lipinski definition) is 2. The van der Waals surface area contributed by atoms with Gasteiger partial charge in [-0.05, 0) is 31.4 Å². The van der Waals surface area contributed by atoms with Gasteiger partial charge >= 0.3 is 0 Å². The molecule has 0 spiro atoms. The molecule has 2 atom stereocenters. The Morgan fingerprint density at radius 3 is 3.06 bits per heavy atom. The minimum atomic E-state index is 0.255. The van der Waals surface area contributed by atoms with Crippen molar-refractivity contribution >= 4 is 11.3 Å². The van der Waals surface area contributed by atoms with E-state index in [1.165, 1.54) is 16.2 Å². The molecule has 2 rings (SSSR count). The number of thiophene rings is 1. The number of nitrogens with one attached hydrogen (secondary N) is 1. The third-order valence-electron chi connectivity index (χ3n) is 3.18. The molecule has 1 fully saturated rings. The first-order valence-corrected chi connectivity index (χ1v) is 6.79. The van der Waals surface area contributed by atoms with Crippen LogP contribution in [0, 0.1) is 5.92 Å². The van der Waals surface area contributed by atoms with Gasteiger partial charge in [0.05, 0.1) is 12.6 Å². The molecule has 3 N–H and O–H groups in total. The third-order valence-corrected chi connectivity index (χ3v) is 4.50. The van der Waals surface area contributed by atoms with Gasteiger partial charge in [0.25, 0.3) is 0 Å². The molecule has 90 valence electrons. The summed E-state index contributed by atoms with van der Waals surface area (Å²) >= 11 is 1.86. The Morgan fingerprint density at radius 1 is 1.62 bits per heavy atom. The maximum Gasteiger partial charge on any atom is 0.0603 e. The summed E-state index contributed by atoms with van der Waals surface area (Å²) in [6.07, 6.45) is 3.45. The maximum absolute atomic E-state index is 5.69. The van der Waals surface area contributed by atoms with E-state index >= 15 is 0 Å². The monoisotopic (exact) mass is 240 g/mol. The molecule has 2 unspecified atom stereocenters. The summed E-state index contributed by atoms with van der Waals surface area (Å²) in [6, 6.07) is 4.65. The van der Waals surface area contributed by atoms with Gasteiger partial charge in [0.1, 0.15) is 0 Å². The Balaban J connectivity index is 2.08. The quantitative estimate of drug-likeness (QED) is 0.627. The van der Waals surface area contributed by atoms with Crippen molar-refractivity contribution in [3.8, 4) is 0 Å². The fourth-order valence-electron chi connectivity index (χ4n) is 2.23. The molecule has 2 heterocycles. The van der Waals surface area contributed by atoms with E-state index in [1.807, 2.05) is 11.3 Å². The zero-order valence-electron chi connectivity index (χ0n) is 9.74. The summed E-state index contributed by atoms with van der Waals surface area (Å²) in [4.78, 5) is 2.77. The maximum atomic E-state index is 5.69. The van der Waals surface area contributed by atoms with Crippen LogP contribution < -0.4 is 11.3 Å². The summed E-state index contributed by atoms with van der Waals surface area (Å²) in [5.41, 5.74) is 2.96. The van der Waals surface area contributed by atoms with Crippen LogP contribution in [0.1, 0.15) is 35.6 Å². The summed E-state index contributed by atoms with van der Waals surface area (Å²) in [6.45, 7) is 3.91. The average Bonchev–Trinajstić information content (AvgIpc) is 2.80. The van der Waals surface area contributed by atoms with Crippen molar-refractivity contribution in [3.05, 3.63) is 21.9 Å². The van der Waals surface area contributed by atoms with Crippen LogP contribution >= 0.6 is 11.3 Å². The van der Waals surface area contributed by atoms with Gasteiger partial charge in [0.15, 0.2) is 0 Å². The van der Waals surface area contributed by atoms with Gasteiger partial charge in [-0.1, -0.05) is 6.92 Å². The van der Waals surface area contributed by atoms with Crippen LogP contribution in [0.25, 0.3) is 0 Å². The molecule has 0 bridgehead atoms. The third kappa shape index (κ3) is 2.63. The highest BCUT2D eigenvalue weighted by Crippen LogP contribution is 2.32. The molecule has 0 aliphatic carbocycles. The van der Waals surface area contributed by atoms with Crippen LogP contribution in [0.4, 0.5) is 0 Å². The van der Waals surface area contributed by atoms with Crippen molar-refractivity contribution in [3.63, 3.8) is 0 Å². The molecule has 3 nitrogen and oxygen atoms in total. The first kappa shape index (κ1) is 12.0. The zero-order chi connectivity index (χ0) is 11.4. The van der Waals surface area contributed by atoms with Crippen LogP contribution in [-0.4, -0.2) is 13.2 Å². The molecule has 0 aromatic carbocycles. The van der Waals surface area contributed by atoms with Crippen LogP contribution in [-0.2, 0) is 11.2 Å². The van der Waals surface area contributed by atoms with Crippen LogP contribution in [0.2, 0.25) is 0 Å². The van der Waals surface area contributed by atoms with Gasteiger partial charge < -0.3 is 4.74 Å². The topological polar surface area (TPSA) is 47.3 Å². The van der Waals surface area contributed by atoms with Gasteiger partial charge in [-0.3, -0.25) is 11.3 Å². The highest BCUT2D eigenvalue weighted by atomic mass is 32.1. The summed E-state index contributed by atoms with van der Waals surface area (Å²) in [5, 5.41) is 0. The van der Waals surface area contributed by atoms with Crippen LogP contribution in [0.5, 0.6) is 0 Å². The van der Waals surface area contributed by atoms with Crippen LogP contribution in [0.3, 0.4) is 0 Å². The van der Waals surface area contributed by atoms with Gasteiger partial charge in [0, 0.05) is 22.3 Å². The van der Waals surface area contributed by atoms with E-state index in [4.69, 9.17) is 10.6 Å². The van der Waals surface area contributed by atoms with Gasteiger partial charge in [-0.2, -0.15) is 0 Å². The SMILES string of the molecule is CCc1ccc(C(NN)C2CCCOC2)s1. The van der Waals surface area contributed by atoms with Crippen molar-refractivity contribution < 1.29 is 4.74 Å². The second-order valence-corrected chi connectivity index (χ2v) is 5.48. The minimum absolute atomic E-state index is 0.255. The normalized spacial score (nSPS) is 23.2. The lowest BCUT2D eigenvalue weighted by atomic mass is 9.93. The Bertz CT molecular complexity index is 321. The molecule has 16 heavy (non-hydrogen) atoms. The smallest absolute Gasteiger partial charge is 0.0603 e. The predicted octanol–water partition coefficient (Wildman–Crippen LogP) is 2.24. The van der Waals surface area contributed by atoms with Crippen molar-refractivity contribution in [2.45, 2.75) is 32.2 Å². The van der Waals surface area contributed by atoms with E-state index in [0.29, 0.717) is 5.92 Å². The van der Waals surface area contributed by atoms with Crippen molar-refractivity contribution in [2.24, 2.45) is 11.8 Å². The second-order valence-electron chi connectivity index (χ2n) is 4.28. The molecule has 0 saturated carbocycles. The van der Waals surface area contributed by atoms with Crippen molar-refractivity contribution in [1.82, 2.24) is 5.43 Å². The molecule has 0 amide bonds. The van der Waals surface area contributed by atoms with Crippen molar-refractivity contribution in [1.29, 1.82) is 0 Å². The Kier molecular flexibility index (Phi) is 4.35. The Labute approximate surface area is 101 Å². The van der Waals surface area contributed by atoms with Gasteiger partial charge in [-0.15, -0.1) is 11.3 Å². The molecule has 1 aromatic rings. The number of rotatable bonds is 4. The average molecular weight is 240 g/mol. The first-order chi connectivity index (χ1) is 7.85. The molecule has 0 radical (unpaired) electrons. The number of hydrazine groups is 1. The molecule has 1 aliphatic heterocycles. The van der Waals surface area contributed by atoms with Gasteiger partial charge in [0.2, 0.25) is 0 Å². The van der Waals surface area contributed by atoms with Crippen LogP contribution in [0.15, 0.2) is 12.1 Å². The van der Waals surface area contributed by atoms with E-state index < -0.39 is 0 Å². The summed E-state index contributed by atoms with van der Waals surface area (Å²) in [5.74, 6) is 6.20. The standard InChI is InChI=1S/C12H20N2OS/c1-2-10-5-6-11(16-10)12(14-13)9-4-3-7-15-8-9/h5-6,9,12,14H,2-4,7-8,13H2,1H3. The highest BCUT2D eigenvalue weighted by Gasteiger charge is 2.25. The highest BCUT2D eigenvalue weighted by molar-refractivity contribution is 7.12. The number of aryl methyl sites for hydroxylation is 1.